The third kappa shape index (κ3) is 2.73. The number of rotatable bonds is 2. The number of anilines is 1. The number of hydrogen-bond acceptors (Lipinski definition) is 5. The van der Waals surface area contributed by atoms with E-state index in [1.807, 2.05) is 21.7 Å². The second-order valence-corrected chi connectivity index (χ2v) is 5.56. The van der Waals surface area contributed by atoms with Gasteiger partial charge < -0.3 is 9.80 Å². The fourth-order valence-corrected chi connectivity index (χ4v) is 3.06. The highest BCUT2D eigenvalue weighted by molar-refractivity contribution is 7.08. The monoisotopic (exact) mass is 298 g/mol. The first-order valence-electron chi connectivity index (χ1n) is 6.71. The van der Waals surface area contributed by atoms with Crippen molar-refractivity contribution in [1.82, 2.24) is 9.88 Å². The molecular formula is C15H14N4OS. The Balaban J connectivity index is 1.68. The first kappa shape index (κ1) is 13.6. The molecule has 1 aliphatic rings. The van der Waals surface area contributed by atoms with Crippen molar-refractivity contribution >= 4 is 23.1 Å². The second-order valence-electron chi connectivity index (χ2n) is 4.78. The highest BCUT2D eigenvalue weighted by atomic mass is 32.1. The number of aromatic nitrogens is 1. The lowest BCUT2D eigenvalue weighted by molar-refractivity contribution is 0.0747. The highest BCUT2D eigenvalue weighted by Crippen LogP contribution is 2.19. The standard InChI is InChI=1S/C15H14N4OS/c16-10-12-2-1-4-17-14(12)18-5-7-19(8-6-18)15(20)13-3-9-21-11-13/h1-4,9,11H,5-8H2. The molecule has 2 aromatic rings. The Hall–Kier alpha value is -2.39. The van der Waals surface area contributed by atoms with Crippen LogP contribution in [0, 0.1) is 11.3 Å². The number of nitrogens with zero attached hydrogens (tertiary/aromatic N) is 4. The predicted octanol–water partition coefficient (Wildman–Crippen LogP) is 1.98. The molecule has 0 N–H and O–H groups in total. The summed E-state index contributed by atoms with van der Waals surface area (Å²) in [6, 6.07) is 7.55. The van der Waals surface area contributed by atoms with Crippen molar-refractivity contribution in [1.29, 1.82) is 5.26 Å². The zero-order chi connectivity index (χ0) is 14.7. The van der Waals surface area contributed by atoms with Gasteiger partial charge in [0.05, 0.1) is 11.1 Å². The van der Waals surface area contributed by atoms with Gasteiger partial charge in [-0.25, -0.2) is 4.98 Å². The molecule has 1 amide bonds. The molecular weight excluding hydrogens is 284 g/mol. The molecule has 3 heterocycles. The van der Waals surface area contributed by atoms with Gasteiger partial charge in [0.2, 0.25) is 0 Å². The van der Waals surface area contributed by atoms with E-state index < -0.39 is 0 Å². The van der Waals surface area contributed by atoms with Crippen LogP contribution in [-0.4, -0.2) is 42.0 Å². The fourth-order valence-electron chi connectivity index (χ4n) is 2.43. The maximum atomic E-state index is 12.3. The second kappa shape index (κ2) is 5.94. The van der Waals surface area contributed by atoms with E-state index in [-0.39, 0.29) is 5.91 Å². The van der Waals surface area contributed by atoms with Gasteiger partial charge in [-0.3, -0.25) is 4.79 Å². The van der Waals surface area contributed by atoms with Crippen LogP contribution in [0.2, 0.25) is 0 Å². The molecule has 1 aliphatic heterocycles. The van der Waals surface area contributed by atoms with Gasteiger partial charge in [0, 0.05) is 37.8 Å². The lowest BCUT2D eigenvalue weighted by atomic mass is 10.2. The van der Waals surface area contributed by atoms with Gasteiger partial charge in [0.25, 0.3) is 5.91 Å². The molecule has 1 saturated heterocycles. The van der Waals surface area contributed by atoms with Crippen molar-refractivity contribution < 1.29 is 4.79 Å². The average molecular weight is 298 g/mol. The minimum Gasteiger partial charge on any atom is -0.352 e. The normalized spacial score (nSPS) is 14.8. The number of carbonyl (C=O) groups excluding carboxylic acids is 1. The minimum absolute atomic E-state index is 0.0810. The van der Waals surface area contributed by atoms with Crippen molar-refractivity contribution in [3.8, 4) is 6.07 Å². The number of thiophene rings is 1. The average Bonchev–Trinajstić information content (AvgIpc) is 3.09. The van der Waals surface area contributed by atoms with Crippen LogP contribution in [0.25, 0.3) is 0 Å². The molecule has 0 saturated carbocycles. The van der Waals surface area contributed by atoms with Crippen molar-refractivity contribution in [2.45, 2.75) is 0 Å². The first-order valence-corrected chi connectivity index (χ1v) is 7.65. The van der Waals surface area contributed by atoms with E-state index in [2.05, 4.69) is 16.0 Å². The zero-order valence-electron chi connectivity index (χ0n) is 11.4. The van der Waals surface area contributed by atoms with E-state index >= 15 is 0 Å². The lowest BCUT2D eigenvalue weighted by Crippen LogP contribution is -2.49. The van der Waals surface area contributed by atoms with E-state index in [1.165, 1.54) is 11.3 Å². The summed E-state index contributed by atoms with van der Waals surface area (Å²) in [6.07, 6.45) is 1.69. The summed E-state index contributed by atoms with van der Waals surface area (Å²) in [6.45, 7) is 2.69. The number of pyridine rings is 1. The summed E-state index contributed by atoms with van der Waals surface area (Å²) in [5.74, 6) is 0.792. The molecule has 6 heteroatoms. The molecule has 2 aromatic heterocycles. The third-order valence-corrected chi connectivity index (χ3v) is 4.22. The number of hydrogen-bond donors (Lipinski definition) is 0. The highest BCUT2D eigenvalue weighted by Gasteiger charge is 2.24. The fraction of sp³-hybridized carbons (Fsp3) is 0.267. The molecule has 1 fully saturated rings. The van der Waals surface area contributed by atoms with Crippen LogP contribution in [0.1, 0.15) is 15.9 Å². The molecule has 21 heavy (non-hydrogen) atoms. The van der Waals surface area contributed by atoms with Crippen LogP contribution in [0.5, 0.6) is 0 Å². The Kier molecular flexibility index (Phi) is 3.84. The number of piperazine rings is 1. The molecule has 0 aromatic carbocycles. The number of carbonyl (C=O) groups is 1. The Morgan fingerprint density at radius 3 is 2.76 bits per heavy atom. The Labute approximate surface area is 127 Å². The summed E-state index contributed by atoms with van der Waals surface area (Å²) in [4.78, 5) is 20.5. The topological polar surface area (TPSA) is 60.2 Å². The Bertz CT molecular complexity index is 669. The molecule has 0 radical (unpaired) electrons. The summed E-state index contributed by atoms with van der Waals surface area (Å²) >= 11 is 1.53. The summed E-state index contributed by atoms with van der Waals surface area (Å²) in [7, 11) is 0. The molecule has 0 spiro atoms. The smallest absolute Gasteiger partial charge is 0.254 e. The van der Waals surface area contributed by atoms with Gasteiger partial charge >= 0.3 is 0 Å². The van der Waals surface area contributed by atoms with E-state index in [0.717, 1.165) is 5.56 Å². The molecule has 0 bridgehead atoms. The zero-order valence-corrected chi connectivity index (χ0v) is 12.2. The van der Waals surface area contributed by atoms with E-state index in [1.54, 1.807) is 18.3 Å². The molecule has 0 unspecified atom stereocenters. The van der Waals surface area contributed by atoms with Gasteiger partial charge in [-0.1, -0.05) is 0 Å². The van der Waals surface area contributed by atoms with E-state index in [9.17, 15) is 4.79 Å². The van der Waals surface area contributed by atoms with Crippen molar-refractivity contribution in [3.05, 3.63) is 46.3 Å². The summed E-state index contributed by atoms with van der Waals surface area (Å²) < 4.78 is 0. The summed E-state index contributed by atoms with van der Waals surface area (Å²) in [5.41, 5.74) is 1.33. The van der Waals surface area contributed by atoms with Crippen molar-refractivity contribution in [3.63, 3.8) is 0 Å². The predicted molar refractivity (Wildman–Crippen MR) is 81.4 cm³/mol. The van der Waals surface area contributed by atoms with Gasteiger partial charge in [0.1, 0.15) is 11.9 Å². The number of nitriles is 1. The molecule has 0 aliphatic carbocycles. The van der Waals surface area contributed by atoms with Crippen LogP contribution < -0.4 is 4.90 Å². The first-order chi connectivity index (χ1) is 10.3. The van der Waals surface area contributed by atoms with Gasteiger partial charge in [-0.05, 0) is 23.6 Å². The molecule has 5 nitrogen and oxygen atoms in total. The van der Waals surface area contributed by atoms with Gasteiger partial charge in [-0.2, -0.15) is 16.6 Å². The minimum atomic E-state index is 0.0810. The van der Waals surface area contributed by atoms with Crippen LogP contribution in [-0.2, 0) is 0 Å². The van der Waals surface area contributed by atoms with E-state index in [4.69, 9.17) is 5.26 Å². The molecule has 3 rings (SSSR count). The lowest BCUT2D eigenvalue weighted by Gasteiger charge is -2.35. The van der Waals surface area contributed by atoms with Gasteiger partial charge in [-0.15, -0.1) is 0 Å². The van der Waals surface area contributed by atoms with Crippen molar-refractivity contribution in [2.75, 3.05) is 31.1 Å². The third-order valence-electron chi connectivity index (χ3n) is 3.54. The van der Waals surface area contributed by atoms with Crippen LogP contribution in [0.15, 0.2) is 35.2 Å². The van der Waals surface area contributed by atoms with E-state index in [0.29, 0.717) is 37.6 Å². The molecule has 106 valence electrons. The van der Waals surface area contributed by atoms with Gasteiger partial charge in [0.15, 0.2) is 0 Å². The quantitative estimate of drug-likeness (QED) is 0.850. The summed E-state index contributed by atoms with van der Waals surface area (Å²) in [5, 5.41) is 12.9. The van der Waals surface area contributed by atoms with Crippen molar-refractivity contribution in [2.24, 2.45) is 0 Å². The SMILES string of the molecule is N#Cc1cccnc1N1CCN(C(=O)c2ccsc2)CC1. The largest absolute Gasteiger partial charge is 0.352 e. The maximum Gasteiger partial charge on any atom is 0.254 e. The Morgan fingerprint density at radius 1 is 1.29 bits per heavy atom. The van der Waals surface area contributed by atoms with Crippen LogP contribution in [0.4, 0.5) is 5.82 Å². The van der Waals surface area contributed by atoms with Crippen LogP contribution in [0.3, 0.4) is 0 Å². The molecule has 0 atom stereocenters. The number of amides is 1. The van der Waals surface area contributed by atoms with Crippen LogP contribution >= 0.6 is 11.3 Å². The maximum absolute atomic E-state index is 12.3. The Morgan fingerprint density at radius 2 is 2.10 bits per heavy atom.